The van der Waals surface area contributed by atoms with Crippen molar-refractivity contribution in [1.82, 2.24) is 9.97 Å². The number of anilines is 1. The van der Waals surface area contributed by atoms with Crippen LogP contribution in [0.25, 0.3) is 0 Å². The molecule has 1 N–H and O–H groups in total. The van der Waals surface area contributed by atoms with Crippen LogP contribution >= 0.6 is 15.9 Å². The molecule has 100 valence electrons. The largest absolute Gasteiger partial charge is 0.369 e. The SMILES string of the molecule is CCCNc1nc(C2CCC2)nc(CCC)c1Br. The van der Waals surface area contributed by atoms with Crippen molar-refractivity contribution in [3.63, 3.8) is 0 Å². The van der Waals surface area contributed by atoms with E-state index < -0.39 is 0 Å². The van der Waals surface area contributed by atoms with Gasteiger partial charge in [0, 0.05) is 12.5 Å². The van der Waals surface area contributed by atoms with Gasteiger partial charge >= 0.3 is 0 Å². The van der Waals surface area contributed by atoms with Crippen molar-refractivity contribution >= 4 is 21.7 Å². The number of nitrogens with zero attached hydrogens (tertiary/aromatic N) is 2. The highest BCUT2D eigenvalue weighted by atomic mass is 79.9. The zero-order valence-electron chi connectivity index (χ0n) is 11.3. The molecule has 0 radical (unpaired) electrons. The third-order valence-corrected chi connectivity index (χ3v) is 4.27. The van der Waals surface area contributed by atoms with E-state index in [9.17, 15) is 0 Å². The molecule has 0 unspecified atom stereocenters. The molecule has 4 heteroatoms. The highest BCUT2D eigenvalue weighted by Gasteiger charge is 2.24. The van der Waals surface area contributed by atoms with Gasteiger partial charge in [-0.05, 0) is 41.6 Å². The lowest BCUT2D eigenvalue weighted by atomic mass is 9.85. The van der Waals surface area contributed by atoms with Gasteiger partial charge in [-0.3, -0.25) is 0 Å². The fourth-order valence-electron chi connectivity index (χ4n) is 2.12. The Bertz CT molecular complexity index is 402. The molecule has 1 aromatic heterocycles. The summed E-state index contributed by atoms with van der Waals surface area (Å²) in [6.07, 6.45) is 7.07. The van der Waals surface area contributed by atoms with E-state index >= 15 is 0 Å². The normalized spacial score (nSPS) is 15.5. The summed E-state index contributed by atoms with van der Waals surface area (Å²) in [7, 11) is 0. The maximum atomic E-state index is 4.75. The van der Waals surface area contributed by atoms with Crippen molar-refractivity contribution in [1.29, 1.82) is 0 Å². The quantitative estimate of drug-likeness (QED) is 0.852. The Balaban J connectivity index is 2.27. The molecule has 3 nitrogen and oxygen atoms in total. The van der Waals surface area contributed by atoms with Crippen LogP contribution in [0.4, 0.5) is 5.82 Å². The predicted octanol–water partition coefficient (Wildman–Crippen LogP) is 4.28. The molecular formula is C14H22BrN3. The van der Waals surface area contributed by atoms with Crippen LogP contribution in [0.2, 0.25) is 0 Å². The first-order valence-corrected chi connectivity index (χ1v) is 7.85. The first-order chi connectivity index (χ1) is 8.76. The molecule has 0 spiro atoms. The van der Waals surface area contributed by atoms with Crippen molar-refractivity contribution in [2.24, 2.45) is 0 Å². The van der Waals surface area contributed by atoms with Gasteiger partial charge in [-0.1, -0.05) is 26.7 Å². The summed E-state index contributed by atoms with van der Waals surface area (Å²) in [4.78, 5) is 9.46. The molecule has 1 aromatic rings. The van der Waals surface area contributed by atoms with Gasteiger partial charge in [0.15, 0.2) is 0 Å². The summed E-state index contributed by atoms with van der Waals surface area (Å²) in [5.41, 5.74) is 1.16. The van der Waals surface area contributed by atoms with E-state index in [0.29, 0.717) is 5.92 Å². The third-order valence-electron chi connectivity index (χ3n) is 3.44. The molecule has 0 aromatic carbocycles. The highest BCUT2D eigenvalue weighted by molar-refractivity contribution is 9.10. The molecule has 1 aliphatic rings. The van der Waals surface area contributed by atoms with Crippen molar-refractivity contribution < 1.29 is 0 Å². The Hall–Kier alpha value is -0.640. The average molecular weight is 312 g/mol. The van der Waals surface area contributed by atoms with Crippen LogP contribution in [0.1, 0.15) is 63.4 Å². The second-order valence-corrected chi connectivity index (χ2v) is 5.79. The van der Waals surface area contributed by atoms with Gasteiger partial charge in [-0.15, -0.1) is 0 Å². The lowest BCUT2D eigenvalue weighted by Crippen LogP contribution is -2.16. The fourth-order valence-corrected chi connectivity index (χ4v) is 2.64. The second kappa shape index (κ2) is 6.50. The maximum absolute atomic E-state index is 4.75. The Morgan fingerprint density at radius 1 is 1.22 bits per heavy atom. The highest BCUT2D eigenvalue weighted by Crippen LogP contribution is 2.36. The molecule has 0 atom stereocenters. The standard InChI is InChI=1S/C14H22BrN3/c1-3-6-11-12(15)14(16-9-4-2)18-13(17-11)10-7-5-8-10/h10H,3-9H2,1-2H3,(H,16,17,18). The van der Waals surface area contributed by atoms with Crippen molar-refractivity contribution in [2.45, 2.75) is 58.3 Å². The van der Waals surface area contributed by atoms with E-state index in [-0.39, 0.29) is 0 Å². The summed E-state index contributed by atoms with van der Waals surface area (Å²) in [5.74, 6) is 2.62. The zero-order chi connectivity index (χ0) is 13.0. The molecule has 0 amide bonds. The fraction of sp³-hybridized carbons (Fsp3) is 0.714. The Morgan fingerprint density at radius 2 is 2.00 bits per heavy atom. The van der Waals surface area contributed by atoms with Crippen LogP contribution in [0.3, 0.4) is 0 Å². The maximum Gasteiger partial charge on any atom is 0.144 e. The van der Waals surface area contributed by atoms with Crippen LogP contribution in [0.15, 0.2) is 4.47 Å². The van der Waals surface area contributed by atoms with E-state index in [2.05, 4.69) is 35.1 Å². The number of rotatable bonds is 6. The topological polar surface area (TPSA) is 37.8 Å². The molecule has 0 saturated heterocycles. The van der Waals surface area contributed by atoms with Gasteiger partial charge in [-0.2, -0.15) is 0 Å². The molecule has 0 aliphatic heterocycles. The minimum atomic E-state index is 0.593. The van der Waals surface area contributed by atoms with Gasteiger partial charge in [0.05, 0.1) is 10.2 Å². The van der Waals surface area contributed by atoms with E-state index in [1.54, 1.807) is 0 Å². The van der Waals surface area contributed by atoms with Crippen molar-refractivity contribution in [3.05, 3.63) is 16.0 Å². The van der Waals surface area contributed by atoms with Crippen LogP contribution < -0.4 is 5.32 Å². The summed E-state index contributed by atoms with van der Waals surface area (Å²) < 4.78 is 1.06. The molecule has 1 fully saturated rings. The van der Waals surface area contributed by atoms with Gasteiger partial charge in [0.25, 0.3) is 0 Å². The number of aryl methyl sites for hydroxylation is 1. The van der Waals surface area contributed by atoms with Gasteiger partial charge < -0.3 is 5.32 Å². The monoisotopic (exact) mass is 311 g/mol. The molecule has 0 bridgehead atoms. The second-order valence-electron chi connectivity index (χ2n) is 5.00. The number of hydrogen-bond donors (Lipinski definition) is 1. The van der Waals surface area contributed by atoms with Crippen molar-refractivity contribution in [2.75, 3.05) is 11.9 Å². The lowest BCUT2D eigenvalue weighted by molar-refractivity contribution is 0.400. The summed E-state index contributed by atoms with van der Waals surface area (Å²) >= 11 is 3.65. The smallest absolute Gasteiger partial charge is 0.144 e. The van der Waals surface area contributed by atoms with Crippen molar-refractivity contribution in [3.8, 4) is 0 Å². The molecule has 1 heterocycles. The molecular weight excluding hydrogens is 290 g/mol. The number of hydrogen-bond acceptors (Lipinski definition) is 3. The first-order valence-electron chi connectivity index (χ1n) is 7.06. The van der Waals surface area contributed by atoms with Gasteiger partial charge in [-0.25, -0.2) is 9.97 Å². The summed E-state index contributed by atoms with van der Waals surface area (Å²) in [5, 5.41) is 3.41. The molecule has 2 rings (SSSR count). The third kappa shape index (κ3) is 3.02. The minimum absolute atomic E-state index is 0.593. The minimum Gasteiger partial charge on any atom is -0.369 e. The van der Waals surface area contributed by atoms with Crippen LogP contribution in [-0.2, 0) is 6.42 Å². The summed E-state index contributed by atoms with van der Waals surface area (Å²) in [6, 6.07) is 0. The van der Waals surface area contributed by atoms with Gasteiger partial charge in [0.1, 0.15) is 11.6 Å². The number of halogens is 1. The molecule has 18 heavy (non-hydrogen) atoms. The lowest BCUT2D eigenvalue weighted by Gasteiger charge is -2.25. The molecule has 1 aliphatic carbocycles. The van der Waals surface area contributed by atoms with Crippen LogP contribution in [-0.4, -0.2) is 16.5 Å². The Labute approximate surface area is 118 Å². The Morgan fingerprint density at radius 3 is 2.56 bits per heavy atom. The van der Waals surface area contributed by atoms with E-state index in [0.717, 1.165) is 47.6 Å². The predicted molar refractivity (Wildman–Crippen MR) is 79.1 cm³/mol. The zero-order valence-corrected chi connectivity index (χ0v) is 12.9. The van der Waals surface area contributed by atoms with E-state index in [1.807, 2.05) is 0 Å². The average Bonchev–Trinajstić information content (AvgIpc) is 2.29. The first kappa shape index (κ1) is 13.8. The van der Waals surface area contributed by atoms with Crippen LogP contribution in [0, 0.1) is 0 Å². The van der Waals surface area contributed by atoms with Crippen LogP contribution in [0.5, 0.6) is 0 Å². The number of aromatic nitrogens is 2. The van der Waals surface area contributed by atoms with Gasteiger partial charge in [0.2, 0.25) is 0 Å². The van der Waals surface area contributed by atoms with E-state index in [1.165, 1.54) is 19.3 Å². The summed E-state index contributed by atoms with van der Waals surface area (Å²) in [6.45, 7) is 5.32. The molecule has 1 saturated carbocycles. The number of nitrogens with one attached hydrogen (secondary N) is 1. The Kier molecular flexibility index (Phi) is 4.98. The van der Waals surface area contributed by atoms with E-state index in [4.69, 9.17) is 9.97 Å².